The molecule has 0 bridgehead atoms. The summed E-state index contributed by atoms with van der Waals surface area (Å²) in [6.07, 6.45) is 2.91. The zero-order valence-corrected chi connectivity index (χ0v) is 10.1. The molecule has 81 valence electrons. The zero-order chi connectivity index (χ0) is 11.5. The van der Waals surface area contributed by atoms with Gasteiger partial charge >= 0.3 is 0 Å². The third-order valence-corrected chi connectivity index (χ3v) is 2.29. The summed E-state index contributed by atoms with van der Waals surface area (Å²) in [5, 5.41) is 0. The van der Waals surface area contributed by atoms with Crippen LogP contribution in [-0.2, 0) is 5.41 Å². The van der Waals surface area contributed by atoms with Crippen LogP contribution in [0.25, 0.3) is 0 Å². The normalized spacial score (nSPS) is 11.2. The van der Waals surface area contributed by atoms with Gasteiger partial charge in [-0.1, -0.05) is 33.4 Å². The third kappa shape index (κ3) is 3.12. The highest BCUT2D eigenvalue weighted by molar-refractivity contribution is 5.39. The Morgan fingerprint density at radius 1 is 1.27 bits per heavy atom. The summed E-state index contributed by atoms with van der Waals surface area (Å²) in [5.74, 6) is 0.899. The van der Waals surface area contributed by atoms with Crippen molar-refractivity contribution in [2.75, 3.05) is 6.61 Å². The van der Waals surface area contributed by atoms with Crippen LogP contribution in [-0.4, -0.2) is 6.61 Å². The Bertz CT molecular complexity index is 345. The summed E-state index contributed by atoms with van der Waals surface area (Å²) in [4.78, 5) is 0. The molecule has 0 saturated heterocycles. The number of ether oxygens (including phenoxy) is 1. The lowest BCUT2D eigenvalue weighted by molar-refractivity contribution is 0.339. The molecule has 0 aliphatic rings. The van der Waals surface area contributed by atoms with Crippen LogP contribution in [0.2, 0.25) is 0 Å². The van der Waals surface area contributed by atoms with Gasteiger partial charge in [-0.25, -0.2) is 0 Å². The van der Waals surface area contributed by atoms with Crippen molar-refractivity contribution in [3.05, 3.63) is 42.0 Å². The second-order valence-corrected chi connectivity index (χ2v) is 4.61. The SMILES string of the molecule is C=[C]c1cc(OCC)cc(C(C)(C)C)c1. The van der Waals surface area contributed by atoms with Gasteiger partial charge in [0.05, 0.1) is 6.61 Å². The number of benzene rings is 1. The Labute approximate surface area is 92.8 Å². The summed E-state index contributed by atoms with van der Waals surface area (Å²) in [7, 11) is 0. The molecule has 1 nitrogen and oxygen atoms in total. The predicted octanol–water partition coefficient (Wildman–Crippen LogP) is 3.72. The van der Waals surface area contributed by atoms with Gasteiger partial charge in [0, 0.05) is 0 Å². The predicted molar refractivity (Wildman–Crippen MR) is 64.3 cm³/mol. The van der Waals surface area contributed by atoms with Gasteiger partial charge < -0.3 is 4.74 Å². The molecule has 1 rings (SSSR count). The van der Waals surface area contributed by atoms with E-state index in [1.165, 1.54) is 5.56 Å². The molecule has 0 amide bonds. The minimum absolute atomic E-state index is 0.124. The highest BCUT2D eigenvalue weighted by Gasteiger charge is 2.15. The lowest BCUT2D eigenvalue weighted by Crippen LogP contribution is -2.11. The fourth-order valence-corrected chi connectivity index (χ4v) is 1.38. The van der Waals surface area contributed by atoms with Gasteiger partial charge in [0.2, 0.25) is 0 Å². The highest BCUT2D eigenvalue weighted by Crippen LogP contribution is 2.27. The summed E-state index contributed by atoms with van der Waals surface area (Å²) >= 11 is 0. The van der Waals surface area contributed by atoms with Crippen LogP contribution < -0.4 is 4.74 Å². The van der Waals surface area contributed by atoms with E-state index in [1.807, 2.05) is 13.0 Å². The number of rotatable bonds is 3. The van der Waals surface area contributed by atoms with Crippen LogP contribution in [0.3, 0.4) is 0 Å². The van der Waals surface area contributed by atoms with Crippen molar-refractivity contribution in [3.8, 4) is 5.75 Å². The number of hydrogen-bond acceptors (Lipinski definition) is 1. The van der Waals surface area contributed by atoms with Crippen LogP contribution in [0, 0.1) is 6.08 Å². The molecule has 0 aliphatic heterocycles. The van der Waals surface area contributed by atoms with Crippen LogP contribution in [0.15, 0.2) is 24.8 Å². The lowest BCUT2D eigenvalue weighted by atomic mass is 9.86. The molecule has 0 spiro atoms. The topological polar surface area (TPSA) is 9.23 Å². The zero-order valence-electron chi connectivity index (χ0n) is 10.1. The van der Waals surface area contributed by atoms with Gasteiger partial charge in [-0.05, 0) is 41.7 Å². The Morgan fingerprint density at radius 2 is 1.93 bits per heavy atom. The van der Waals surface area contributed by atoms with Crippen LogP contribution in [0.1, 0.15) is 38.8 Å². The molecule has 1 aromatic rings. The number of hydrogen-bond donors (Lipinski definition) is 0. The lowest BCUT2D eigenvalue weighted by Gasteiger charge is -2.20. The van der Waals surface area contributed by atoms with Crippen LogP contribution in [0.4, 0.5) is 0 Å². The Balaban J connectivity index is 3.17. The van der Waals surface area contributed by atoms with E-state index in [4.69, 9.17) is 4.74 Å². The quantitative estimate of drug-likeness (QED) is 0.727. The average Bonchev–Trinajstić information content (AvgIpc) is 2.16. The molecule has 0 saturated carbocycles. The van der Waals surface area contributed by atoms with E-state index in [-0.39, 0.29) is 5.41 Å². The molecule has 15 heavy (non-hydrogen) atoms. The molecule has 1 heteroatoms. The van der Waals surface area contributed by atoms with Crippen molar-refractivity contribution in [2.45, 2.75) is 33.1 Å². The molecule has 0 fully saturated rings. The van der Waals surface area contributed by atoms with Gasteiger partial charge in [0.25, 0.3) is 0 Å². The van der Waals surface area contributed by atoms with E-state index in [2.05, 4.69) is 45.6 Å². The molecule has 0 unspecified atom stereocenters. The van der Waals surface area contributed by atoms with Gasteiger partial charge in [-0.15, -0.1) is 0 Å². The van der Waals surface area contributed by atoms with Crippen molar-refractivity contribution in [1.82, 2.24) is 0 Å². The maximum atomic E-state index is 5.52. The second kappa shape index (κ2) is 4.52. The Hall–Kier alpha value is -1.24. The second-order valence-electron chi connectivity index (χ2n) is 4.61. The summed E-state index contributed by atoms with van der Waals surface area (Å²) < 4.78 is 5.52. The Morgan fingerprint density at radius 3 is 2.40 bits per heavy atom. The first-order chi connectivity index (χ1) is 6.97. The summed E-state index contributed by atoms with van der Waals surface area (Å²) in [6.45, 7) is 12.9. The van der Waals surface area contributed by atoms with Gasteiger partial charge in [-0.3, -0.25) is 0 Å². The van der Waals surface area contributed by atoms with Crippen molar-refractivity contribution in [1.29, 1.82) is 0 Å². The molecule has 1 radical (unpaired) electrons. The third-order valence-electron chi connectivity index (χ3n) is 2.29. The standard InChI is InChI=1S/C14H19O/c1-6-11-8-12(14(3,4)5)10-13(9-11)15-7-2/h8-10H,1,7H2,2-5H3. The molecular formula is C14H19O. The largest absolute Gasteiger partial charge is 0.494 e. The van der Waals surface area contributed by atoms with Crippen molar-refractivity contribution in [2.24, 2.45) is 0 Å². The fourth-order valence-electron chi connectivity index (χ4n) is 1.38. The Kier molecular flexibility index (Phi) is 3.57. The molecule has 1 aromatic carbocycles. The molecule has 0 atom stereocenters. The summed E-state index contributed by atoms with van der Waals surface area (Å²) in [5.41, 5.74) is 2.36. The van der Waals surface area contributed by atoms with E-state index < -0.39 is 0 Å². The fraction of sp³-hybridized carbons (Fsp3) is 0.429. The van der Waals surface area contributed by atoms with Gasteiger partial charge in [0.1, 0.15) is 5.75 Å². The summed E-state index contributed by atoms with van der Waals surface area (Å²) in [6, 6.07) is 6.16. The minimum Gasteiger partial charge on any atom is -0.494 e. The maximum Gasteiger partial charge on any atom is 0.120 e. The molecule has 0 aromatic heterocycles. The van der Waals surface area contributed by atoms with Crippen LogP contribution >= 0.6 is 0 Å². The molecular weight excluding hydrogens is 184 g/mol. The van der Waals surface area contributed by atoms with E-state index in [1.54, 1.807) is 0 Å². The monoisotopic (exact) mass is 203 g/mol. The molecule has 0 N–H and O–H groups in total. The highest BCUT2D eigenvalue weighted by atomic mass is 16.5. The molecule has 0 heterocycles. The van der Waals surface area contributed by atoms with E-state index in [0.29, 0.717) is 6.61 Å². The van der Waals surface area contributed by atoms with Crippen molar-refractivity contribution < 1.29 is 4.74 Å². The molecule has 0 aliphatic carbocycles. The maximum absolute atomic E-state index is 5.52. The average molecular weight is 203 g/mol. The van der Waals surface area contributed by atoms with E-state index in [0.717, 1.165) is 11.3 Å². The first-order valence-electron chi connectivity index (χ1n) is 5.29. The first kappa shape index (κ1) is 11.8. The van der Waals surface area contributed by atoms with E-state index in [9.17, 15) is 0 Å². The van der Waals surface area contributed by atoms with Gasteiger partial charge in [0.15, 0.2) is 0 Å². The minimum atomic E-state index is 0.124. The first-order valence-corrected chi connectivity index (χ1v) is 5.29. The van der Waals surface area contributed by atoms with Crippen LogP contribution in [0.5, 0.6) is 5.75 Å². The van der Waals surface area contributed by atoms with Gasteiger partial charge in [-0.2, -0.15) is 0 Å². The van der Waals surface area contributed by atoms with E-state index >= 15 is 0 Å². The van der Waals surface area contributed by atoms with Crippen molar-refractivity contribution >= 4 is 0 Å². The van der Waals surface area contributed by atoms with Crippen molar-refractivity contribution in [3.63, 3.8) is 0 Å². The smallest absolute Gasteiger partial charge is 0.120 e.